The number of halogens is 2. The van der Waals surface area contributed by atoms with Crippen LogP contribution in [0.3, 0.4) is 0 Å². The summed E-state index contributed by atoms with van der Waals surface area (Å²) in [5.74, 6) is -0.192. The van der Waals surface area contributed by atoms with Gasteiger partial charge in [-0.15, -0.1) is 0 Å². The normalized spacial score (nSPS) is 22.2. The van der Waals surface area contributed by atoms with Crippen molar-refractivity contribution in [3.63, 3.8) is 0 Å². The van der Waals surface area contributed by atoms with Crippen molar-refractivity contribution in [2.24, 2.45) is 0 Å². The van der Waals surface area contributed by atoms with Crippen LogP contribution in [0.4, 0.5) is 4.39 Å². The lowest BCUT2D eigenvalue weighted by molar-refractivity contribution is -0.00534. The van der Waals surface area contributed by atoms with Crippen molar-refractivity contribution in [1.29, 1.82) is 0 Å². The van der Waals surface area contributed by atoms with E-state index in [4.69, 9.17) is 9.47 Å². The third-order valence-corrected chi connectivity index (χ3v) is 3.44. The lowest BCUT2D eigenvalue weighted by Crippen LogP contribution is -2.18. The topological polar surface area (TPSA) is 18.5 Å². The third-order valence-electron chi connectivity index (χ3n) is 2.64. The predicted octanol–water partition coefficient (Wildman–Crippen LogP) is 3.11. The Bertz CT molecular complexity index is 340. The molecule has 0 aromatic heterocycles. The molecule has 1 aromatic carbocycles. The van der Waals surface area contributed by atoms with Gasteiger partial charge in [-0.05, 0) is 12.5 Å². The van der Waals surface area contributed by atoms with Gasteiger partial charge >= 0.3 is 0 Å². The highest BCUT2D eigenvalue weighted by Gasteiger charge is 2.23. The van der Waals surface area contributed by atoms with Crippen LogP contribution in [0, 0.1) is 5.82 Å². The summed E-state index contributed by atoms with van der Waals surface area (Å²) in [6.07, 6.45) is 0.842. The second kappa shape index (κ2) is 5.93. The number of alkyl halides is 1. The maximum atomic E-state index is 13.6. The third kappa shape index (κ3) is 2.93. The molecule has 1 heterocycles. The largest absolute Gasteiger partial charge is 0.379 e. The van der Waals surface area contributed by atoms with Crippen molar-refractivity contribution in [3.05, 3.63) is 35.6 Å². The van der Waals surface area contributed by atoms with Gasteiger partial charge in [-0.1, -0.05) is 40.8 Å². The predicted molar refractivity (Wildman–Crippen MR) is 68.3 cm³/mol. The van der Waals surface area contributed by atoms with Crippen LogP contribution in [-0.2, 0) is 9.47 Å². The standard InChI is InChI=1S/C12H14FIO2/c13-11-4-2-1-3-10(11)12(7-14)16-9-5-6-15-8-9/h1-4,9,12H,5-8H2. The van der Waals surface area contributed by atoms with Crippen LogP contribution in [0.15, 0.2) is 24.3 Å². The quantitative estimate of drug-likeness (QED) is 0.621. The van der Waals surface area contributed by atoms with E-state index in [9.17, 15) is 4.39 Å². The van der Waals surface area contributed by atoms with Crippen LogP contribution in [0.2, 0.25) is 0 Å². The van der Waals surface area contributed by atoms with E-state index in [0.29, 0.717) is 12.2 Å². The van der Waals surface area contributed by atoms with E-state index in [1.807, 2.05) is 6.07 Å². The number of hydrogen-bond acceptors (Lipinski definition) is 2. The Hall–Kier alpha value is -0.200. The maximum absolute atomic E-state index is 13.6. The first-order chi connectivity index (χ1) is 7.81. The summed E-state index contributed by atoms with van der Waals surface area (Å²) in [5, 5.41) is 0. The minimum atomic E-state index is -0.192. The van der Waals surface area contributed by atoms with Gasteiger partial charge in [0.2, 0.25) is 0 Å². The first-order valence-corrected chi connectivity index (χ1v) is 6.87. The molecule has 0 amide bonds. The Balaban J connectivity index is 2.06. The van der Waals surface area contributed by atoms with E-state index < -0.39 is 0 Å². The summed E-state index contributed by atoms with van der Waals surface area (Å²) < 4.78 is 25.4. The van der Waals surface area contributed by atoms with Gasteiger partial charge < -0.3 is 9.47 Å². The van der Waals surface area contributed by atoms with Crippen LogP contribution < -0.4 is 0 Å². The molecule has 2 unspecified atom stereocenters. The fourth-order valence-electron chi connectivity index (χ4n) is 1.78. The minimum absolute atomic E-state index is 0.111. The molecule has 16 heavy (non-hydrogen) atoms. The second-order valence-electron chi connectivity index (χ2n) is 3.79. The summed E-state index contributed by atoms with van der Waals surface area (Å²) in [4.78, 5) is 0. The van der Waals surface area contributed by atoms with Crippen LogP contribution in [0.5, 0.6) is 0 Å². The zero-order chi connectivity index (χ0) is 11.4. The molecule has 1 fully saturated rings. The van der Waals surface area contributed by atoms with Gasteiger partial charge in [-0.3, -0.25) is 0 Å². The number of benzene rings is 1. The van der Waals surface area contributed by atoms with Crippen molar-refractivity contribution in [3.8, 4) is 0 Å². The molecule has 0 saturated carbocycles. The Morgan fingerprint density at radius 1 is 1.50 bits per heavy atom. The highest BCUT2D eigenvalue weighted by Crippen LogP contribution is 2.26. The second-order valence-corrected chi connectivity index (χ2v) is 4.67. The molecule has 2 rings (SSSR count). The summed E-state index contributed by atoms with van der Waals surface area (Å²) in [7, 11) is 0. The van der Waals surface area contributed by atoms with Crippen molar-refractivity contribution in [2.45, 2.75) is 18.6 Å². The fraction of sp³-hybridized carbons (Fsp3) is 0.500. The average Bonchev–Trinajstić information content (AvgIpc) is 2.80. The molecule has 2 atom stereocenters. The Kier molecular flexibility index (Phi) is 4.55. The Morgan fingerprint density at radius 2 is 2.31 bits per heavy atom. The van der Waals surface area contributed by atoms with Crippen LogP contribution >= 0.6 is 22.6 Å². The number of hydrogen-bond donors (Lipinski definition) is 0. The van der Waals surface area contributed by atoms with Gasteiger partial charge in [-0.2, -0.15) is 0 Å². The maximum Gasteiger partial charge on any atom is 0.129 e. The molecule has 0 aliphatic carbocycles. The highest BCUT2D eigenvalue weighted by atomic mass is 127. The molecule has 1 aromatic rings. The zero-order valence-electron chi connectivity index (χ0n) is 8.86. The van der Waals surface area contributed by atoms with Crippen molar-refractivity contribution in [1.82, 2.24) is 0 Å². The average molecular weight is 336 g/mol. The van der Waals surface area contributed by atoms with Crippen LogP contribution in [0.1, 0.15) is 18.1 Å². The minimum Gasteiger partial charge on any atom is -0.379 e. The smallest absolute Gasteiger partial charge is 0.129 e. The van der Waals surface area contributed by atoms with Gasteiger partial charge in [0.25, 0.3) is 0 Å². The molecular formula is C12H14FIO2. The number of ether oxygens (including phenoxy) is 2. The van der Waals surface area contributed by atoms with E-state index in [-0.39, 0.29) is 18.0 Å². The van der Waals surface area contributed by atoms with Crippen molar-refractivity contribution in [2.75, 3.05) is 17.6 Å². The summed E-state index contributed by atoms with van der Waals surface area (Å²) in [6.45, 7) is 1.37. The first-order valence-electron chi connectivity index (χ1n) is 5.35. The van der Waals surface area contributed by atoms with E-state index in [0.717, 1.165) is 17.5 Å². The summed E-state index contributed by atoms with van der Waals surface area (Å²) in [5.41, 5.74) is 0.642. The molecule has 1 saturated heterocycles. The van der Waals surface area contributed by atoms with Crippen molar-refractivity contribution >= 4 is 22.6 Å². The molecule has 88 valence electrons. The zero-order valence-corrected chi connectivity index (χ0v) is 11.0. The Labute approximate surface area is 108 Å². The van der Waals surface area contributed by atoms with E-state index in [1.165, 1.54) is 6.07 Å². The molecule has 0 spiro atoms. The van der Waals surface area contributed by atoms with E-state index in [2.05, 4.69) is 22.6 Å². The fourth-order valence-corrected chi connectivity index (χ4v) is 2.46. The SMILES string of the molecule is Fc1ccccc1C(CI)OC1CCOC1. The molecule has 4 heteroatoms. The molecule has 1 aliphatic heterocycles. The summed E-state index contributed by atoms with van der Waals surface area (Å²) in [6, 6.07) is 6.80. The molecule has 0 bridgehead atoms. The van der Waals surface area contributed by atoms with Crippen LogP contribution in [-0.4, -0.2) is 23.7 Å². The van der Waals surface area contributed by atoms with Gasteiger partial charge in [0.05, 0.1) is 18.8 Å². The highest BCUT2D eigenvalue weighted by molar-refractivity contribution is 14.1. The summed E-state index contributed by atoms with van der Waals surface area (Å²) >= 11 is 2.22. The van der Waals surface area contributed by atoms with E-state index in [1.54, 1.807) is 12.1 Å². The van der Waals surface area contributed by atoms with E-state index >= 15 is 0 Å². The van der Waals surface area contributed by atoms with Gasteiger partial charge in [0, 0.05) is 16.6 Å². The number of rotatable bonds is 4. The molecule has 0 radical (unpaired) electrons. The Morgan fingerprint density at radius 3 is 2.94 bits per heavy atom. The molecule has 1 aliphatic rings. The van der Waals surface area contributed by atoms with Gasteiger partial charge in [0.1, 0.15) is 5.82 Å². The lowest BCUT2D eigenvalue weighted by Gasteiger charge is -2.20. The molecule has 0 N–H and O–H groups in total. The first kappa shape index (κ1) is 12.3. The van der Waals surface area contributed by atoms with Crippen molar-refractivity contribution < 1.29 is 13.9 Å². The molecular weight excluding hydrogens is 322 g/mol. The van der Waals surface area contributed by atoms with Gasteiger partial charge in [-0.25, -0.2) is 4.39 Å². The lowest BCUT2D eigenvalue weighted by atomic mass is 10.1. The van der Waals surface area contributed by atoms with Crippen LogP contribution in [0.25, 0.3) is 0 Å². The molecule has 2 nitrogen and oxygen atoms in total. The monoisotopic (exact) mass is 336 g/mol. The van der Waals surface area contributed by atoms with Gasteiger partial charge in [0.15, 0.2) is 0 Å².